The Labute approximate surface area is 95.7 Å². The van der Waals surface area contributed by atoms with Gasteiger partial charge in [-0.3, -0.25) is 4.90 Å². The van der Waals surface area contributed by atoms with Crippen LogP contribution < -0.4 is 0 Å². The maximum absolute atomic E-state index is 13.1. The van der Waals surface area contributed by atoms with Gasteiger partial charge in [-0.2, -0.15) is 0 Å². The molecule has 0 aliphatic carbocycles. The van der Waals surface area contributed by atoms with Crippen molar-refractivity contribution in [3.63, 3.8) is 0 Å². The minimum Gasteiger partial charge on any atom is -0.505 e. The maximum atomic E-state index is 13.1. The van der Waals surface area contributed by atoms with Crippen molar-refractivity contribution in [2.45, 2.75) is 20.4 Å². The molecule has 1 N–H and O–H groups in total. The Morgan fingerprint density at radius 1 is 1.31 bits per heavy atom. The summed E-state index contributed by atoms with van der Waals surface area (Å²) in [5.74, 6) is 0.619. The highest BCUT2D eigenvalue weighted by Crippen LogP contribution is 2.24. The van der Waals surface area contributed by atoms with Crippen molar-refractivity contribution in [3.05, 3.63) is 29.6 Å². The second-order valence-electron chi connectivity index (χ2n) is 4.93. The van der Waals surface area contributed by atoms with Crippen LogP contribution in [-0.2, 0) is 6.54 Å². The van der Waals surface area contributed by atoms with Crippen LogP contribution in [0.1, 0.15) is 19.4 Å². The lowest BCUT2D eigenvalue weighted by Gasteiger charge is -2.15. The molecule has 1 fully saturated rings. The van der Waals surface area contributed by atoms with E-state index in [0.717, 1.165) is 25.2 Å². The van der Waals surface area contributed by atoms with Crippen molar-refractivity contribution in [3.8, 4) is 5.75 Å². The summed E-state index contributed by atoms with van der Waals surface area (Å²) >= 11 is 0. The molecule has 2 nitrogen and oxygen atoms in total. The summed E-state index contributed by atoms with van der Waals surface area (Å²) in [6.45, 7) is 7.42. The van der Waals surface area contributed by atoms with Crippen LogP contribution in [0.5, 0.6) is 5.75 Å². The predicted molar refractivity (Wildman–Crippen MR) is 61.7 cm³/mol. The number of nitrogens with zero attached hydrogens (tertiary/aromatic N) is 1. The monoisotopic (exact) mass is 223 g/mol. The fourth-order valence-electron chi connectivity index (χ4n) is 2.29. The van der Waals surface area contributed by atoms with Gasteiger partial charge in [-0.05, 0) is 29.5 Å². The van der Waals surface area contributed by atoms with Gasteiger partial charge in [0.05, 0.1) is 0 Å². The standard InChI is InChI=1S/C13H18FNO/c1-9-6-15(7-10(9)2)8-11-3-4-13(16)12(14)5-11/h3-5,9-10,16H,6-8H2,1-2H3. The SMILES string of the molecule is CC1CN(Cc2ccc(O)c(F)c2)CC1C. The normalized spacial score (nSPS) is 26.2. The van der Waals surface area contributed by atoms with Crippen LogP contribution in [0.2, 0.25) is 0 Å². The third-order valence-electron chi connectivity index (χ3n) is 3.48. The Morgan fingerprint density at radius 2 is 1.94 bits per heavy atom. The van der Waals surface area contributed by atoms with E-state index in [0.29, 0.717) is 11.8 Å². The molecule has 3 heteroatoms. The van der Waals surface area contributed by atoms with Crippen LogP contribution in [0.15, 0.2) is 18.2 Å². The van der Waals surface area contributed by atoms with Crippen molar-refractivity contribution in [2.24, 2.45) is 11.8 Å². The highest BCUT2D eigenvalue weighted by Gasteiger charge is 2.25. The second kappa shape index (κ2) is 4.42. The molecule has 2 rings (SSSR count). The van der Waals surface area contributed by atoms with E-state index in [9.17, 15) is 4.39 Å². The zero-order valence-electron chi connectivity index (χ0n) is 9.78. The molecule has 1 aliphatic heterocycles. The molecule has 0 bridgehead atoms. The van der Waals surface area contributed by atoms with E-state index in [-0.39, 0.29) is 5.75 Å². The minimum absolute atomic E-state index is 0.271. The van der Waals surface area contributed by atoms with E-state index in [1.807, 2.05) is 0 Å². The highest BCUT2D eigenvalue weighted by molar-refractivity contribution is 5.28. The van der Waals surface area contributed by atoms with E-state index in [2.05, 4.69) is 18.7 Å². The van der Waals surface area contributed by atoms with Crippen LogP contribution >= 0.6 is 0 Å². The van der Waals surface area contributed by atoms with Gasteiger partial charge in [0.2, 0.25) is 0 Å². The van der Waals surface area contributed by atoms with Crippen LogP contribution in [0.25, 0.3) is 0 Å². The Hall–Kier alpha value is -1.09. The summed E-state index contributed by atoms with van der Waals surface area (Å²) in [6, 6.07) is 4.63. The van der Waals surface area contributed by atoms with Gasteiger partial charge in [0.25, 0.3) is 0 Å². The van der Waals surface area contributed by atoms with E-state index in [1.54, 1.807) is 6.07 Å². The number of halogens is 1. The Morgan fingerprint density at radius 3 is 2.50 bits per heavy atom. The number of benzene rings is 1. The van der Waals surface area contributed by atoms with Gasteiger partial charge in [-0.15, -0.1) is 0 Å². The second-order valence-corrected chi connectivity index (χ2v) is 4.93. The molecule has 0 aromatic heterocycles. The molecule has 2 unspecified atom stereocenters. The average molecular weight is 223 g/mol. The Kier molecular flexibility index (Phi) is 3.15. The minimum atomic E-state index is -0.530. The number of aromatic hydroxyl groups is 1. The zero-order valence-corrected chi connectivity index (χ0v) is 9.78. The summed E-state index contributed by atoms with van der Waals surface area (Å²) in [6.07, 6.45) is 0. The fraction of sp³-hybridized carbons (Fsp3) is 0.538. The third kappa shape index (κ3) is 2.35. The maximum Gasteiger partial charge on any atom is 0.165 e. The first kappa shape index (κ1) is 11.4. The van der Waals surface area contributed by atoms with Crippen molar-refractivity contribution >= 4 is 0 Å². The summed E-state index contributed by atoms with van der Waals surface area (Å²) in [5.41, 5.74) is 0.927. The van der Waals surface area contributed by atoms with Gasteiger partial charge < -0.3 is 5.11 Å². The van der Waals surface area contributed by atoms with Gasteiger partial charge in [-0.1, -0.05) is 19.9 Å². The molecule has 2 atom stereocenters. The summed E-state index contributed by atoms with van der Waals surface area (Å²) in [5, 5.41) is 9.10. The van der Waals surface area contributed by atoms with Crippen molar-refractivity contribution in [1.29, 1.82) is 0 Å². The molecule has 0 amide bonds. The van der Waals surface area contributed by atoms with Crippen LogP contribution in [0.3, 0.4) is 0 Å². The van der Waals surface area contributed by atoms with Crippen LogP contribution in [0.4, 0.5) is 4.39 Å². The first-order valence-corrected chi connectivity index (χ1v) is 5.76. The lowest BCUT2D eigenvalue weighted by Crippen LogP contribution is -2.20. The molecule has 88 valence electrons. The van der Waals surface area contributed by atoms with E-state index < -0.39 is 5.82 Å². The molecule has 0 saturated carbocycles. The number of hydrogen-bond acceptors (Lipinski definition) is 2. The zero-order chi connectivity index (χ0) is 11.7. The van der Waals surface area contributed by atoms with E-state index in [1.165, 1.54) is 12.1 Å². The molecule has 1 aromatic carbocycles. The number of hydrogen-bond donors (Lipinski definition) is 1. The summed E-state index contributed by atoms with van der Waals surface area (Å²) in [4.78, 5) is 2.33. The van der Waals surface area contributed by atoms with Crippen molar-refractivity contribution in [2.75, 3.05) is 13.1 Å². The molecule has 1 aliphatic rings. The molecule has 0 spiro atoms. The highest BCUT2D eigenvalue weighted by atomic mass is 19.1. The van der Waals surface area contributed by atoms with Gasteiger partial charge in [-0.25, -0.2) is 4.39 Å². The number of likely N-dealkylation sites (tertiary alicyclic amines) is 1. The van der Waals surface area contributed by atoms with Gasteiger partial charge in [0.15, 0.2) is 11.6 Å². The van der Waals surface area contributed by atoms with Crippen molar-refractivity contribution in [1.82, 2.24) is 4.90 Å². The number of phenols is 1. The molecule has 16 heavy (non-hydrogen) atoms. The smallest absolute Gasteiger partial charge is 0.165 e. The summed E-state index contributed by atoms with van der Waals surface area (Å²) < 4.78 is 13.1. The third-order valence-corrected chi connectivity index (χ3v) is 3.48. The quantitative estimate of drug-likeness (QED) is 0.833. The molecule has 1 heterocycles. The van der Waals surface area contributed by atoms with Gasteiger partial charge >= 0.3 is 0 Å². The molecule has 0 radical (unpaired) electrons. The first-order valence-electron chi connectivity index (χ1n) is 5.76. The largest absolute Gasteiger partial charge is 0.505 e. The molecular weight excluding hydrogens is 205 g/mol. The fourth-order valence-corrected chi connectivity index (χ4v) is 2.29. The van der Waals surface area contributed by atoms with Gasteiger partial charge in [0.1, 0.15) is 0 Å². The first-order chi connectivity index (χ1) is 7.56. The molecular formula is C13H18FNO. The average Bonchev–Trinajstić information content (AvgIpc) is 2.52. The van der Waals surface area contributed by atoms with Gasteiger partial charge in [0, 0.05) is 19.6 Å². The number of rotatable bonds is 2. The van der Waals surface area contributed by atoms with E-state index in [4.69, 9.17) is 5.11 Å². The van der Waals surface area contributed by atoms with Crippen LogP contribution in [0, 0.1) is 17.7 Å². The lowest BCUT2D eigenvalue weighted by atomic mass is 10.0. The van der Waals surface area contributed by atoms with E-state index >= 15 is 0 Å². The Bertz CT molecular complexity index is 370. The Balaban J connectivity index is 2.02. The van der Waals surface area contributed by atoms with Crippen molar-refractivity contribution < 1.29 is 9.50 Å². The number of phenolic OH excluding ortho intramolecular Hbond substituents is 1. The predicted octanol–water partition coefficient (Wildman–Crippen LogP) is 2.62. The topological polar surface area (TPSA) is 23.5 Å². The summed E-state index contributed by atoms with van der Waals surface area (Å²) in [7, 11) is 0. The molecule has 1 saturated heterocycles. The lowest BCUT2D eigenvalue weighted by molar-refractivity contribution is 0.315. The molecule has 1 aromatic rings. The van der Waals surface area contributed by atoms with Crippen LogP contribution in [-0.4, -0.2) is 23.1 Å².